The van der Waals surface area contributed by atoms with Crippen LogP contribution in [0, 0.1) is 0 Å². The van der Waals surface area contributed by atoms with E-state index < -0.39 is 31.7 Å². The molecule has 0 saturated carbocycles. The summed E-state index contributed by atoms with van der Waals surface area (Å²) in [5.74, 6) is -3.10. The molecule has 0 aliphatic rings. The number of rotatable bonds is 3. The molecular weight excluding hydrogens is 198 g/mol. The molecule has 0 aliphatic carbocycles. The smallest absolute Gasteiger partial charge is 0.377 e. The van der Waals surface area contributed by atoms with Gasteiger partial charge in [-0.25, -0.2) is 4.79 Å². The van der Waals surface area contributed by atoms with Crippen LogP contribution in [-0.2, 0) is 9.59 Å². The van der Waals surface area contributed by atoms with Gasteiger partial charge in [-0.1, -0.05) is 0 Å². The molecule has 0 rings (SSSR count). The first-order chi connectivity index (χ1) is 4.95. The monoisotopic (exact) mass is 203 g/mol. The van der Waals surface area contributed by atoms with Crippen LogP contribution in [0.4, 0.5) is 0 Å². The van der Waals surface area contributed by atoms with Crippen molar-refractivity contribution in [3.63, 3.8) is 0 Å². The largest absolute Gasteiger partial charge is 0.603 e. The Balaban J connectivity index is 0. The van der Waals surface area contributed by atoms with E-state index in [-0.39, 0.29) is 29.6 Å². The average molecular weight is 203 g/mol. The summed E-state index contributed by atoms with van der Waals surface area (Å²) in [6.45, 7) is 0. The Hall–Kier alpha value is 0.0300. The van der Waals surface area contributed by atoms with Crippen molar-refractivity contribution >= 4 is 54.8 Å². The van der Waals surface area contributed by atoms with Crippen LogP contribution in [0.3, 0.4) is 0 Å². The molecular formula is C4H5NaO6P. The van der Waals surface area contributed by atoms with Crippen LogP contribution >= 0.6 is 8.00 Å². The molecule has 0 aromatic rings. The molecule has 6 nitrogen and oxygen atoms in total. The normalized spacial score (nSPS) is 11.2. The van der Waals surface area contributed by atoms with Gasteiger partial charge in [0.2, 0.25) is 13.3 Å². The van der Waals surface area contributed by atoms with Crippen molar-refractivity contribution in [2.75, 3.05) is 0 Å². The number of hydrogen-bond acceptors (Lipinski definition) is 4. The summed E-state index contributed by atoms with van der Waals surface area (Å²) in [5.41, 5.74) is 0. The second-order valence-corrected chi connectivity index (χ2v) is 2.68. The molecule has 0 amide bonds. The first-order valence-electron chi connectivity index (χ1n) is 2.42. The van der Waals surface area contributed by atoms with Crippen molar-refractivity contribution in [1.29, 1.82) is 0 Å². The minimum Gasteiger partial charge on any atom is -0.603 e. The Kier molecular flexibility index (Phi) is 7.92. The minimum absolute atomic E-state index is 0. The molecule has 0 aromatic carbocycles. The predicted molar refractivity (Wildman–Crippen MR) is 39.8 cm³/mol. The molecule has 0 saturated heterocycles. The van der Waals surface area contributed by atoms with E-state index in [0.29, 0.717) is 0 Å². The number of carboxylic acids is 2. The van der Waals surface area contributed by atoms with Crippen LogP contribution in [0.2, 0.25) is 0 Å². The minimum atomic E-state index is -3.05. The van der Waals surface area contributed by atoms with Gasteiger partial charge >= 0.3 is 11.9 Å². The van der Waals surface area contributed by atoms with E-state index >= 15 is 0 Å². The van der Waals surface area contributed by atoms with Crippen molar-refractivity contribution in [1.82, 2.24) is 0 Å². The standard InChI is InChI=1S/C4H5O6P.Na/c5-3(6)1-2(4(7)8)11(9)10;/h1H2,(H,5,6)(H,7,8)(H,9,10);. The molecule has 0 aromatic heterocycles. The van der Waals surface area contributed by atoms with Crippen molar-refractivity contribution in [3.8, 4) is 0 Å². The zero-order valence-electron chi connectivity index (χ0n) is 6.22. The first-order valence-corrected chi connectivity index (χ1v) is 3.63. The molecule has 0 aliphatic heterocycles. The first kappa shape index (κ1) is 14.5. The average Bonchev–Trinajstić information content (AvgIpc) is 1.81. The van der Waals surface area contributed by atoms with Crippen LogP contribution < -0.4 is 4.89 Å². The van der Waals surface area contributed by atoms with E-state index in [1.54, 1.807) is 0 Å². The summed E-state index contributed by atoms with van der Waals surface area (Å²) in [7, 11) is -3.05. The van der Waals surface area contributed by atoms with Crippen LogP contribution in [0.15, 0.2) is 0 Å². The van der Waals surface area contributed by atoms with Gasteiger partial charge in [-0.05, 0) is 0 Å². The van der Waals surface area contributed by atoms with Gasteiger partial charge in [0.25, 0.3) is 0 Å². The Bertz CT molecular complexity index is 220. The zero-order chi connectivity index (χ0) is 9.02. The van der Waals surface area contributed by atoms with Crippen LogP contribution in [0.5, 0.6) is 0 Å². The van der Waals surface area contributed by atoms with E-state index in [1.807, 2.05) is 0 Å². The van der Waals surface area contributed by atoms with Gasteiger partial charge in [0.05, 0.1) is 0 Å². The number of carboxylic acid groups (broad SMARTS) is 2. The molecule has 0 bridgehead atoms. The van der Waals surface area contributed by atoms with E-state index in [4.69, 9.17) is 15.1 Å². The fraction of sp³-hybridized carbons (Fsp3) is 0.250. The van der Waals surface area contributed by atoms with Gasteiger partial charge in [-0.15, -0.1) is 0 Å². The van der Waals surface area contributed by atoms with E-state index in [1.165, 1.54) is 0 Å². The Morgan fingerprint density at radius 1 is 1.33 bits per heavy atom. The summed E-state index contributed by atoms with van der Waals surface area (Å²) < 4.78 is 0. The van der Waals surface area contributed by atoms with Crippen molar-refractivity contribution in [2.24, 2.45) is 0 Å². The quantitative estimate of drug-likeness (QED) is 0.360. The fourth-order valence-corrected chi connectivity index (χ4v) is 0.802. The maximum atomic E-state index is 10.1. The van der Waals surface area contributed by atoms with E-state index in [0.717, 1.165) is 0 Å². The van der Waals surface area contributed by atoms with Crippen LogP contribution in [0.25, 0.3) is 0 Å². The van der Waals surface area contributed by atoms with E-state index in [2.05, 4.69) is 0 Å². The molecule has 1 atom stereocenters. The maximum Gasteiger partial charge on any atom is 0.377 e. The molecule has 3 N–H and O–H groups in total. The van der Waals surface area contributed by atoms with Crippen molar-refractivity contribution in [2.45, 2.75) is 6.42 Å². The summed E-state index contributed by atoms with van der Waals surface area (Å²) in [6, 6.07) is 0. The third-order valence-electron chi connectivity index (χ3n) is 0.796. The Labute approximate surface area is 90.7 Å². The SMILES string of the molecule is O=C(O)CC(C(=O)O)=[P+]([O-])O.[Na]. The van der Waals surface area contributed by atoms with Gasteiger partial charge in [0.1, 0.15) is 6.42 Å². The summed E-state index contributed by atoms with van der Waals surface area (Å²) >= 11 is 0. The van der Waals surface area contributed by atoms with Gasteiger partial charge in [-0.2, -0.15) is 4.89 Å². The molecule has 0 fully saturated rings. The van der Waals surface area contributed by atoms with Gasteiger partial charge in [0.15, 0.2) is 0 Å². The zero-order valence-corrected chi connectivity index (χ0v) is 9.12. The predicted octanol–water partition coefficient (Wildman–Crippen LogP) is -2.00. The van der Waals surface area contributed by atoms with Crippen LogP contribution in [0.1, 0.15) is 6.42 Å². The van der Waals surface area contributed by atoms with E-state index in [9.17, 15) is 14.5 Å². The number of carbonyl (C=O) groups is 2. The summed E-state index contributed by atoms with van der Waals surface area (Å²) in [6.07, 6.45) is -0.916. The fourth-order valence-electron chi connectivity index (χ4n) is 0.368. The maximum absolute atomic E-state index is 10.1. The summed E-state index contributed by atoms with van der Waals surface area (Å²) in [4.78, 5) is 38.3. The molecule has 1 radical (unpaired) electrons. The molecule has 63 valence electrons. The molecule has 0 heterocycles. The second kappa shape index (κ2) is 6.54. The molecule has 12 heavy (non-hydrogen) atoms. The topological polar surface area (TPSA) is 118 Å². The Morgan fingerprint density at radius 2 is 1.75 bits per heavy atom. The molecule has 8 heteroatoms. The molecule has 0 spiro atoms. The Morgan fingerprint density at radius 3 is 1.83 bits per heavy atom. The van der Waals surface area contributed by atoms with Gasteiger partial charge in [-0.3, -0.25) is 4.79 Å². The van der Waals surface area contributed by atoms with Crippen molar-refractivity contribution in [3.05, 3.63) is 0 Å². The third-order valence-corrected chi connectivity index (χ3v) is 1.61. The molecule has 1 unspecified atom stereocenters. The third kappa shape index (κ3) is 5.65. The number of aliphatic carboxylic acids is 2. The van der Waals surface area contributed by atoms with Gasteiger partial charge in [0, 0.05) is 29.6 Å². The van der Waals surface area contributed by atoms with Gasteiger partial charge < -0.3 is 15.1 Å². The summed E-state index contributed by atoms with van der Waals surface area (Å²) in [5, 5.41) is 15.3. The number of hydrogen-bond donors (Lipinski definition) is 3. The van der Waals surface area contributed by atoms with Crippen molar-refractivity contribution < 1.29 is 29.6 Å². The second-order valence-electron chi connectivity index (χ2n) is 1.60. The van der Waals surface area contributed by atoms with Crippen LogP contribution in [-0.4, -0.2) is 61.9 Å².